The Morgan fingerprint density at radius 1 is 1.67 bits per heavy atom. The first kappa shape index (κ1) is 8.60. The van der Waals surface area contributed by atoms with Crippen molar-refractivity contribution in [3.63, 3.8) is 0 Å². The fourth-order valence-electron chi connectivity index (χ4n) is 1.02. The molecule has 0 saturated carbocycles. The van der Waals surface area contributed by atoms with Crippen LogP contribution in [0.15, 0.2) is 0 Å². The summed E-state index contributed by atoms with van der Waals surface area (Å²) in [5, 5.41) is 21.5. The van der Waals surface area contributed by atoms with Gasteiger partial charge in [0, 0.05) is 0 Å². The smallest absolute Gasteiger partial charge is 0.468 e. The highest BCUT2D eigenvalue weighted by Gasteiger charge is 2.37. The Labute approximate surface area is 67.5 Å². The van der Waals surface area contributed by atoms with Crippen LogP contribution in [0.25, 0.3) is 0 Å². The van der Waals surface area contributed by atoms with E-state index in [1.807, 2.05) is 0 Å². The largest absolute Gasteiger partial charge is 0.583 e. The number of hydrogen-bond donors (Lipinski definition) is 2. The number of nitrogens with zero attached hydrogens (tertiary/aromatic N) is 2. The summed E-state index contributed by atoms with van der Waals surface area (Å²) >= 11 is 0. The van der Waals surface area contributed by atoms with Gasteiger partial charge in [-0.3, -0.25) is 15.4 Å². The highest BCUT2D eigenvalue weighted by atomic mass is 16.6. The summed E-state index contributed by atoms with van der Waals surface area (Å²) in [7, 11) is 0. The maximum Gasteiger partial charge on any atom is 0.583 e. The zero-order chi connectivity index (χ0) is 9.14. The molecule has 12 heavy (non-hydrogen) atoms. The van der Waals surface area contributed by atoms with Gasteiger partial charge in [-0.25, -0.2) is 4.79 Å². The van der Waals surface area contributed by atoms with Gasteiger partial charge in [-0.05, 0) is 0 Å². The molecule has 66 valence electrons. The van der Waals surface area contributed by atoms with E-state index >= 15 is 0 Å². The maximum atomic E-state index is 10.4. The molecule has 1 aliphatic heterocycles. The van der Waals surface area contributed by atoms with Crippen LogP contribution in [0.1, 0.15) is 0 Å². The number of aliphatic carboxylic acids is 1. The van der Waals surface area contributed by atoms with Gasteiger partial charge < -0.3 is 5.11 Å². The zero-order valence-electron chi connectivity index (χ0n) is 6.19. The lowest BCUT2D eigenvalue weighted by molar-refractivity contribution is -0.558. The zero-order valence-corrected chi connectivity index (χ0v) is 6.19. The number of nitro groups is 1. The van der Waals surface area contributed by atoms with Crippen molar-refractivity contribution < 1.29 is 19.4 Å². The number of rotatable bonds is 0. The van der Waals surface area contributed by atoms with E-state index in [1.165, 1.54) is 4.58 Å². The second kappa shape index (κ2) is 3.26. The number of carboxylic acids is 1. The van der Waals surface area contributed by atoms with Gasteiger partial charge in [0.15, 0.2) is 6.54 Å². The third-order valence-electron chi connectivity index (χ3n) is 1.52. The van der Waals surface area contributed by atoms with Crippen LogP contribution in [0.2, 0.25) is 0 Å². The van der Waals surface area contributed by atoms with Gasteiger partial charge in [-0.1, -0.05) is 0 Å². The topological polar surface area (TPSA) is 95.5 Å². The molecular weight excluding hydrogens is 166 g/mol. The molecule has 0 spiro atoms. The monoisotopic (exact) mass is 174 g/mol. The van der Waals surface area contributed by atoms with Crippen molar-refractivity contribution in [2.75, 3.05) is 19.8 Å². The highest BCUT2D eigenvalue weighted by molar-refractivity contribution is 6.28. The minimum Gasteiger partial charge on any atom is -0.468 e. The Morgan fingerprint density at radius 3 is 2.67 bits per heavy atom. The summed E-state index contributed by atoms with van der Waals surface area (Å²) in [6.07, 6.45) is 0. The molecule has 0 unspecified atom stereocenters. The van der Waals surface area contributed by atoms with Crippen molar-refractivity contribution >= 4 is 11.8 Å². The Morgan fingerprint density at radius 2 is 2.33 bits per heavy atom. The molecule has 0 aromatic carbocycles. The lowest BCUT2D eigenvalue weighted by atomic mass is 10.5. The summed E-state index contributed by atoms with van der Waals surface area (Å²) in [6, 6.07) is 0. The van der Waals surface area contributed by atoms with Gasteiger partial charge in [0.05, 0.1) is 6.54 Å². The molecule has 1 aliphatic rings. The SMILES string of the molecule is O=C(O)C([N+](=O)[O-])=[N+]1CCNC1. The molecule has 0 atom stereocenters. The third kappa shape index (κ3) is 1.56. The van der Waals surface area contributed by atoms with E-state index in [0.29, 0.717) is 13.1 Å². The van der Waals surface area contributed by atoms with E-state index in [2.05, 4.69) is 5.32 Å². The molecule has 0 bridgehead atoms. The van der Waals surface area contributed by atoms with E-state index < -0.39 is 16.7 Å². The van der Waals surface area contributed by atoms with Crippen molar-refractivity contribution in [1.29, 1.82) is 0 Å². The maximum absolute atomic E-state index is 10.4. The summed E-state index contributed by atoms with van der Waals surface area (Å²) in [5.74, 6) is -2.26. The van der Waals surface area contributed by atoms with Crippen molar-refractivity contribution in [3.05, 3.63) is 10.1 Å². The Hall–Kier alpha value is -1.50. The van der Waals surface area contributed by atoms with Crippen molar-refractivity contribution in [3.8, 4) is 0 Å². The molecule has 0 aromatic rings. The lowest BCUT2D eigenvalue weighted by Gasteiger charge is -1.89. The van der Waals surface area contributed by atoms with E-state index in [9.17, 15) is 14.9 Å². The first-order valence-electron chi connectivity index (χ1n) is 3.33. The van der Waals surface area contributed by atoms with Crippen LogP contribution in [-0.4, -0.2) is 46.2 Å². The fraction of sp³-hybridized carbons (Fsp3) is 0.600. The molecule has 7 heteroatoms. The predicted octanol–water partition coefficient (Wildman–Crippen LogP) is -1.68. The van der Waals surface area contributed by atoms with Crippen molar-refractivity contribution in [2.24, 2.45) is 0 Å². The Bertz CT molecular complexity index is 235. The molecule has 2 N–H and O–H groups in total. The molecule has 7 nitrogen and oxygen atoms in total. The summed E-state index contributed by atoms with van der Waals surface area (Å²) in [5.41, 5.74) is 0. The molecule has 0 amide bonds. The second-order valence-corrected chi connectivity index (χ2v) is 2.31. The van der Waals surface area contributed by atoms with Crippen LogP contribution in [0.5, 0.6) is 0 Å². The van der Waals surface area contributed by atoms with Gasteiger partial charge in [0.25, 0.3) is 0 Å². The number of carboxylic acid groups (broad SMARTS) is 1. The van der Waals surface area contributed by atoms with Gasteiger partial charge in [0.2, 0.25) is 6.67 Å². The van der Waals surface area contributed by atoms with Crippen LogP contribution >= 0.6 is 0 Å². The second-order valence-electron chi connectivity index (χ2n) is 2.31. The molecule has 0 aliphatic carbocycles. The van der Waals surface area contributed by atoms with Crippen LogP contribution in [-0.2, 0) is 4.79 Å². The number of hydrogen-bond acceptors (Lipinski definition) is 4. The molecule has 0 radical (unpaired) electrons. The first-order chi connectivity index (χ1) is 5.63. The molecule has 1 heterocycles. The average Bonchev–Trinajstić information content (AvgIpc) is 2.37. The summed E-state index contributed by atoms with van der Waals surface area (Å²) in [6.45, 7) is 1.16. The molecule has 1 fully saturated rings. The lowest BCUT2D eigenvalue weighted by Crippen LogP contribution is -2.34. The Kier molecular flexibility index (Phi) is 2.34. The molecule has 1 saturated heterocycles. The highest BCUT2D eigenvalue weighted by Crippen LogP contribution is 1.88. The average molecular weight is 174 g/mol. The van der Waals surface area contributed by atoms with Crippen LogP contribution in [0.4, 0.5) is 0 Å². The quantitative estimate of drug-likeness (QED) is 0.198. The minimum absolute atomic E-state index is 0.225. The minimum atomic E-state index is -1.50. The third-order valence-corrected chi connectivity index (χ3v) is 1.52. The van der Waals surface area contributed by atoms with Gasteiger partial charge >= 0.3 is 11.8 Å². The van der Waals surface area contributed by atoms with Crippen LogP contribution in [0, 0.1) is 10.1 Å². The number of amidine groups is 1. The molecule has 0 aromatic heterocycles. The van der Waals surface area contributed by atoms with Gasteiger partial charge in [-0.15, -0.1) is 4.58 Å². The van der Waals surface area contributed by atoms with E-state index in [4.69, 9.17) is 5.11 Å². The van der Waals surface area contributed by atoms with Gasteiger partial charge in [-0.2, -0.15) is 0 Å². The predicted molar refractivity (Wildman–Crippen MR) is 37.6 cm³/mol. The first-order valence-corrected chi connectivity index (χ1v) is 3.33. The Balaban J connectivity index is 2.97. The van der Waals surface area contributed by atoms with E-state index in [0.717, 1.165) is 0 Å². The standard InChI is InChI=1S/C5H7N3O4/c9-5(10)4(8(11)12)7-2-1-6-3-7/h6H,1-3H2/p+1. The molecular formula is C5H8N3O4+. The van der Waals surface area contributed by atoms with Crippen LogP contribution < -0.4 is 5.32 Å². The molecule has 1 rings (SSSR count). The van der Waals surface area contributed by atoms with Crippen molar-refractivity contribution in [1.82, 2.24) is 5.32 Å². The van der Waals surface area contributed by atoms with E-state index in [1.54, 1.807) is 0 Å². The number of carbonyl (C=O) groups is 1. The normalized spacial score (nSPS) is 20.7. The van der Waals surface area contributed by atoms with Crippen LogP contribution in [0.3, 0.4) is 0 Å². The van der Waals surface area contributed by atoms with Gasteiger partial charge in [0.1, 0.15) is 4.92 Å². The fourth-order valence-corrected chi connectivity index (χ4v) is 1.02. The number of nitrogens with one attached hydrogen (secondary N) is 1. The summed E-state index contributed by atoms with van der Waals surface area (Å²) < 4.78 is 1.18. The van der Waals surface area contributed by atoms with E-state index in [-0.39, 0.29) is 6.67 Å². The van der Waals surface area contributed by atoms with Crippen molar-refractivity contribution in [2.45, 2.75) is 0 Å². The summed E-state index contributed by atoms with van der Waals surface area (Å²) in [4.78, 5) is 19.7.